The van der Waals surface area contributed by atoms with Crippen molar-refractivity contribution in [2.45, 2.75) is 32.6 Å². The maximum absolute atomic E-state index is 10.7. The SMILES string of the molecule is CCC(CC(=O)O)CN1CC2(CCOCC2)C1. The minimum Gasteiger partial charge on any atom is -0.481 e. The monoisotopic (exact) mass is 241 g/mol. The van der Waals surface area contributed by atoms with Crippen LogP contribution in [-0.4, -0.2) is 48.8 Å². The zero-order chi connectivity index (χ0) is 12.3. The second-order valence-corrected chi connectivity index (χ2v) is 5.65. The molecular weight excluding hydrogens is 218 g/mol. The molecule has 0 radical (unpaired) electrons. The second-order valence-electron chi connectivity index (χ2n) is 5.65. The molecular formula is C13H23NO3. The number of hydrogen-bond acceptors (Lipinski definition) is 3. The van der Waals surface area contributed by atoms with Crippen molar-refractivity contribution in [3.05, 3.63) is 0 Å². The van der Waals surface area contributed by atoms with Gasteiger partial charge in [-0.15, -0.1) is 0 Å². The fraction of sp³-hybridized carbons (Fsp3) is 0.923. The summed E-state index contributed by atoms with van der Waals surface area (Å²) in [6.45, 7) is 7.13. The van der Waals surface area contributed by atoms with E-state index in [4.69, 9.17) is 9.84 Å². The molecule has 98 valence electrons. The summed E-state index contributed by atoms with van der Waals surface area (Å²) in [5, 5.41) is 8.83. The smallest absolute Gasteiger partial charge is 0.303 e. The van der Waals surface area contributed by atoms with E-state index < -0.39 is 5.97 Å². The van der Waals surface area contributed by atoms with Crippen LogP contribution in [-0.2, 0) is 9.53 Å². The zero-order valence-corrected chi connectivity index (χ0v) is 10.7. The van der Waals surface area contributed by atoms with Gasteiger partial charge in [0, 0.05) is 44.7 Å². The summed E-state index contributed by atoms with van der Waals surface area (Å²) in [5.41, 5.74) is 0.500. The average molecular weight is 241 g/mol. The van der Waals surface area contributed by atoms with E-state index in [1.54, 1.807) is 0 Å². The molecule has 2 fully saturated rings. The molecule has 0 aromatic carbocycles. The van der Waals surface area contributed by atoms with Crippen molar-refractivity contribution in [2.24, 2.45) is 11.3 Å². The molecule has 2 aliphatic heterocycles. The highest BCUT2D eigenvalue weighted by atomic mass is 16.5. The standard InChI is InChI=1S/C13H23NO3/c1-2-11(7-12(15)16)8-14-9-13(10-14)3-5-17-6-4-13/h11H,2-10H2,1H3,(H,15,16). The van der Waals surface area contributed by atoms with Crippen molar-refractivity contribution in [3.63, 3.8) is 0 Å². The van der Waals surface area contributed by atoms with Crippen LogP contribution in [0.15, 0.2) is 0 Å². The molecule has 1 atom stereocenters. The highest BCUT2D eigenvalue weighted by Crippen LogP contribution is 2.40. The average Bonchev–Trinajstić information content (AvgIpc) is 2.26. The largest absolute Gasteiger partial charge is 0.481 e. The van der Waals surface area contributed by atoms with Crippen molar-refractivity contribution in [1.82, 2.24) is 4.90 Å². The molecule has 1 spiro atoms. The lowest BCUT2D eigenvalue weighted by Crippen LogP contribution is -2.59. The molecule has 2 heterocycles. The van der Waals surface area contributed by atoms with Crippen LogP contribution in [0.5, 0.6) is 0 Å². The molecule has 0 aromatic rings. The Bertz CT molecular complexity index is 266. The van der Waals surface area contributed by atoms with Gasteiger partial charge in [-0.05, 0) is 18.8 Å². The van der Waals surface area contributed by atoms with Gasteiger partial charge >= 0.3 is 5.97 Å². The third-order valence-electron chi connectivity index (χ3n) is 4.23. The Morgan fingerprint density at radius 3 is 2.59 bits per heavy atom. The Kier molecular flexibility index (Phi) is 4.05. The number of aliphatic carboxylic acids is 1. The number of rotatable bonds is 5. The maximum atomic E-state index is 10.7. The normalized spacial score (nSPS) is 25.5. The first-order chi connectivity index (χ1) is 8.13. The van der Waals surface area contributed by atoms with Gasteiger partial charge in [-0.2, -0.15) is 0 Å². The summed E-state index contributed by atoms with van der Waals surface area (Å²) in [6, 6.07) is 0. The lowest BCUT2D eigenvalue weighted by atomic mass is 9.73. The summed E-state index contributed by atoms with van der Waals surface area (Å²) < 4.78 is 5.39. The third kappa shape index (κ3) is 3.19. The second kappa shape index (κ2) is 5.36. The van der Waals surface area contributed by atoms with E-state index in [1.165, 1.54) is 12.8 Å². The molecule has 2 rings (SSSR count). The highest BCUT2D eigenvalue weighted by molar-refractivity contribution is 5.67. The van der Waals surface area contributed by atoms with E-state index in [1.807, 2.05) is 0 Å². The minimum absolute atomic E-state index is 0.309. The Morgan fingerprint density at radius 1 is 1.41 bits per heavy atom. The van der Waals surface area contributed by atoms with Crippen molar-refractivity contribution < 1.29 is 14.6 Å². The van der Waals surface area contributed by atoms with Crippen LogP contribution >= 0.6 is 0 Å². The van der Waals surface area contributed by atoms with Crippen LogP contribution < -0.4 is 0 Å². The Morgan fingerprint density at radius 2 is 2.06 bits per heavy atom. The number of nitrogens with zero attached hydrogens (tertiary/aromatic N) is 1. The molecule has 17 heavy (non-hydrogen) atoms. The molecule has 0 aromatic heterocycles. The van der Waals surface area contributed by atoms with Crippen LogP contribution in [0, 0.1) is 11.3 Å². The summed E-state index contributed by atoms with van der Waals surface area (Å²) in [7, 11) is 0. The summed E-state index contributed by atoms with van der Waals surface area (Å²) >= 11 is 0. The Labute approximate surface area is 103 Å². The molecule has 4 nitrogen and oxygen atoms in total. The van der Waals surface area contributed by atoms with Gasteiger partial charge < -0.3 is 14.7 Å². The number of hydrogen-bond donors (Lipinski definition) is 1. The zero-order valence-electron chi connectivity index (χ0n) is 10.7. The molecule has 4 heteroatoms. The first-order valence-corrected chi connectivity index (χ1v) is 6.65. The van der Waals surface area contributed by atoms with Gasteiger partial charge in [-0.3, -0.25) is 4.79 Å². The lowest BCUT2D eigenvalue weighted by Gasteiger charge is -2.53. The van der Waals surface area contributed by atoms with E-state index in [0.717, 1.165) is 39.3 Å². The van der Waals surface area contributed by atoms with Gasteiger partial charge in [0.15, 0.2) is 0 Å². The van der Waals surface area contributed by atoms with Gasteiger partial charge in [0.05, 0.1) is 0 Å². The van der Waals surface area contributed by atoms with Crippen LogP contribution in [0.25, 0.3) is 0 Å². The Balaban J connectivity index is 1.73. The Hall–Kier alpha value is -0.610. The molecule has 2 saturated heterocycles. The van der Waals surface area contributed by atoms with Crippen molar-refractivity contribution >= 4 is 5.97 Å². The fourth-order valence-corrected chi connectivity index (χ4v) is 3.10. The summed E-state index contributed by atoms with van der Waals surface area (Å²) in [6.07, 6.45) is 3.63. The van der Waals surface area contributed by atoms with Crippen LogP contribution in [0.4, 0.5) is 0 Å². The predicted octanol–water partition coefficient (Wildman–Crippen LogP) is 1.60. The molecule has 0 saturated carbocycles. The first kappa shape index (κ1) is 12.8. The lowest BCUT2D eigenvalue weighted by molar-refractivity contribution is -0.138. The van der Waals surface area contributed by atoms with Gasteiger partial charge in [0.25, 0.3) is 0 Å². The van der Waals surface area contributed by atoms with E-state index >= 15 is 0 Å². The van der Waals surface area contributed by atoms with E-state index in [2.05, 4.69) is 11.8 Å². The molecule has 0 amide bonds. The summed E-state index contributed by atoms with van der Waals surface area (Å²) in [5.74, 6) is -0.358. The number of carboxylic acid groups (broad SMARTS) is 1. The van der Waals surface area contributed by atoms with E-state index in [0.29, 0.717) is 17.8 Å². The molecule has 2 aliphatic rings. The van der Waals surface area contributed by atoms with E-state index in [-0.39, 0.29) is 0 Å². The van der Waals surface area contributed by atoms with E-state index in [9.17, 15) is 4.79 Å². The first-order valence-electron chi connectivity index (χ1n) is 6.65. The fourth-order valence-electron chi connectivity index (χ4n) is 3.10. The number of carbonyl (C=O) groups is 1. The van der Waals surface area contributed by atoms with Gasteiger partial charge in [0.1, 0.15) is 0 Å². The minimum atomic E-state index is -0.668. The van der Waals surface area contributed by atoms with Crippen LogP contribution in [0.2, 0.25) is 0 Å². The highest BCUT2D eigenvalue weighted by Gasteiger charge is 2.43. The van der Waals surface area contributed by atoms with Crippen molar-refractivity contribution in [1.29, 1.82) is 0 Å². The maximum Gasteiger partial charge on any atom is 0.303 e. The third-order valence-corrected chi connectivity index (χ3v) is 4.23. The predicted molar refractivity (Wildman–Crippen MR) is 65.0 cm³/mol. The quantitative estimate of drug-likeness (QED) is 0.794. The van der Waals surface area contributed by atoms with Gasteiger partial charge in [-0.25, -0.2) is 0 Å². The summed E-state index contributed by atoms with van der Waals surface area (Å²) in [4.78, 5) is 13.1. The number of ether oxygens (including phenoxy) is 1. The van der Waals surface area contributed by atoms with Gasteiger partial charge in [0.2, 0.25) is 0 Å². The van der Waals surface area contributed by atoms with Crippen LogP contribution in [0.3, 0.4) is 0 Å². The molecule has 0 bridgehead atoms. The van der Waals surface area contributed by atoms with Crippen molar-refractivity contribution in [3.8, 4) is 0 Å². The number of likely N-dealkylation sites (tertiary alicyclic amines) is 1. The molecule has 1 unspecified atom stereocenters. The molecule has 0 aliphatic carbocycles. The van der Waals surface area contributed by atoms with Gasteiger partial charge in [-0.1, -0.05) is 13.3 Å². The number of carboxylic acids is 1. The van der Waals surface area contributed by atoms with Crippen LogP contribution in [0.1, 0.15) is 32.6 Å². The van der Waals surface area contributed by atoms with Crippen molar-refractivity contribution in [2.75, 3.05) is 32.8 Å². The topological polar surface area (TPSA) is 49.8 Å². The molecule has 1 N–H and O–H groups in total.